The first-order chi connectivity index (χ1) is 13.0. The number of rotatable bonds is 8. The average Bonchev–Trinajstić information content (AvgIpc) is 2.65. The fourth-order valence-electron chi connectivity index (χ4n) is 2.72. The van der Waals surface area contributed by atoms with Crippen LogP contribution in [0.1, 0.15) is 45.1 Å². The van der Waals surface area contributed by atoms with E-state index in [1.165, 1.54) is 0 Å². The van der Waals surface area contributed by atoms with Gasteiger partial charge >= 0.3 is 6.09 Å². The highest BCUT2D eigenvalue weighted by molar-refractivity contribution is 5.96. The molecular formula is C22H28N2O3. The van der Waals surface area contributed by atoms with E-state index in [0.29, 0.717) is 18.0 Å². The third-order valence-corrected chi connectivity index (χ3v) is 4.02. The minimum Gasteiger partial charge on any atom is -0.449 e. The van der Waals surface area contributed by atoms with Gasteiger partial charge < -0.3 is 10.1 Å². The highest BCUT2D eigenvalue weighted by Crippen LogP contribution is 2.24. The normalized spacial score (nSPS) is 11.7. The Morgan fingerprint density at radius 1 is 0.963 bits per heavy atom. The molecule has 0 aromatic heterocycles. The van der Waals surface area contributed by atoms with E-state index in [1.54, 1.807) is 24.3 Å². The molecule has 5 heteroatoms. The predicted molar refractivity (Wildman–Crippen MR) is 109 cm³/mol. The summed E-state index contributed by atoms with van der Waals surface area (Å²) < 4.78 is 5.12. The van der Waals surface area contributed by atoms with Crippen molar-refractivity contribution in [3.63, 3.8) is 0 Å². The number of hydrogen-bond acceptors (Lipinski definition) is 3. The SMILES string of the molecule is CCCC(C(=O)Nc1cccc(NC(=O)OCC(C)C)c1)c1ccccc1. The molecule has 0 aliphatic carbocycles. The van der Waals surface area contributed by atoms with E-state index in [-0.39, 0.29) is 17.7 Å². The van der Waals surface area contributed by atoms with Crippen LogP contribution in [0.4, 0.5) is 16.2 Å². The summed E-state index contributed by atoms with van der Waals surface area (Å²) in [5.41, 5.74) is 2.22. The third kappa shape index (κ3) is 6.77. The van der Waals surface area contributed by atoms with Crippen LogP contribution in [0, 0.1) is 5.92 Å². The van der Waals surface area contributed by atoms with Crippen LogP contribution < -0.4 is 10.6 Å². The molecule has 1 atom stereocenters. The summed E-state index contributed by atoms with van der Waals surface area (Å²) in [5, 5.41) is 5.64. The lowest BCUT2D eigenvalue weighted by molar-refractivity contribution is -0.117. The molecule has 5 nitrogen and oxygen atoms in total. The van der Waals surface area contributed by atoms with Crippen LogP contribution >= 0.6 is 0 Å². The number of nitrogens with one attached hydrogen (secondary N) is 2. The Morgan fingerprint density at radius 2 is 1.63 bits per heavy atom. The third-order valence-electron chi connectivity index (χ3n) is 4.02. The first kappa shape index (κ1) is 20.5. The minimum atomic E-state index is -0.500. The van der Waals surface area contributed by atoms with Gasteiger partial charge in [-0.25, -0.2) is 4.79 Å². The number of carbonyl (C=O) groups is 2. The van der Waals surface area contributed by atoms with E-state index in [4.69, 9.17) is 4.74 Å². The highest BCUT2D eigenvalue weighted by atomic mass is 16.5. The summed E-state index contributed by atoms with van der Waals surface area (Å²) in [4.78, 5) is 24.6. The van der Waals surface area contributed by atoms with Crippen molar-refractivity contribution in [1.29, 1.82) is 0 Å². The molecule has 0 bridgehead atoms. The quantitative estimate of drug-likeness (QED) is 0.654. The van der Waals surface area contributed by atoms with Gasteiger partial charge in [0.25, 0.3) is 0 Å². The monoisotopic (exact) mass is 368 g/mol. The van der Waals surface area contributed by atoms with Crippen LogP contribution in [0.25, 0.3) is 0 Å². The van der Waals surface area contributed by atoms with E-state index in [0.717, 1.165) is 18.4 Å². The Morgan fingerprint density at radius 3 is 2.26 bits per heavy atom. The van der Waals surface area contributed by atoms with Crippen molar-refractivity contribution >= 4 is 23.4 Å². The molecular weight excluding hydrogens is 340 g/mol. The summed E-state index contributed by atoms with van der Waals surface area (Å²) in [6, 6.07) is 16.8. The molecule has 1 unspecified atom stereocenters. The number of ether oxygens (including phenoxy) is 1. The smallest absolute Gasteiger partial charge is 0.411 e. The first-order valence-electron chi connectivity index (χ1n) is 9.39. The molecule has 0 spiro atoms. The van der Waals surface area contributed by atoms with Gasteiger partial charge in [-0.3, -0.25) is 10.1 Å². The van der Waals surface area contributed by atoms with Crippen LogP contribution in [0.2, 0.25) is 0 Å². The van der Waals surface area contributed by atoms with Crippen LogP contribution in [-0.4, -0.2) is 18.6 Å². The van der Waals surface area contributed by atoms with Gasteiger partial charge in [-0.05, 0) is 36.1 Å². The van der Waals surface area contributed by atoms with Gasteiger partial charge in [-0.15, -0.1) is 0 Å². The zero-order valence-electron chi connectivity index (χ0n) is 16.2. The maximum Gasteiger partial charge on any atom is 0.411 e. The van der Waals surface area contributed by atoms with Gasteiger partial charge in [0.05, 0.1) is 12.5 Å². The maximum atomic E-state index is 12.8. The first-order valence-corrected chi connectivity index (χ1v) is 9.39. The summed E-state index contributed by atoms with van der Waals surface area (Å²) in [6.07, 6.45) is 1.19. The van der Waals surface area contributed by atoms with E-state index < -0.39 is 6.09 Å². The molecule has 0 aliphatic heterocycles. The number of anilines is 2. The lowest BCUT2D eigenvalue weighted by atomic mass is 9.93. The van der Waals surface area contributed by atoms with Crippen LogP contribution in [0.3, 0.4) is 0 Å². The molecule has 2 amide bonds. The molecule has 2 aromatic carbocycles. The highest BCUT2D eigenvalue weighted by Gasteiger charge is 2.19. The average molecular weight is 368 g/mol. The predicted octanol–water partition coefficient (Wildman–Crippen LogP) is 5.41. The van der Waals surface area contributed by atoms with Gasteiger partial charge in [0.1, 0.15) is 0 Å². The van der Waals surface area contributed by atoms with E-state index in [2.05, 4.69) is 17.6 Å². The zero-order chi connectivity index (χ0) is 19.6. The minimum absolute atomic E-state index is 0.0532. The fourth-order valence-corrected chi connectivity index (χ4v) is 2.72. The molecule has 144 valence electrons. The van der Waals surface area contributed by atoms with Crippen molar-refractivity contribution in [2.75, 3.05) is 17.2 Å². The second-order valence-electron chi connectivity index (χ2n) is 6.94. The fraction of sp³-hybridized carbons (Fsp3) is 0.364. The molecule has 0 aliphatic rings. The lowest BCUT2D eigenvalue weighted by Crippen LogP contribution is -2.21. The summed E-state index contributed by atoms with van der Waals surface area (Å²) in [5.74, 6) is 0.0151. The summed E-state index contributed by atoms with van der Waals surface area (Å²) in [7, 11) is 0. The van der Waals surface area contributed by atoms with Gasteiger partial charge in [-0.2, -0.15) is 0 Å². The zero-order valence-corrected chi connectivity index (χ0v) is 16.2. The largest absolute Gasteiger partial charge is 0.449 e. The standard InChI is InChI=1S/C22H28N2O3/c1-4-9-20(17-10-6-5-7-11-17)21(25)23-18-12-8-13-19(14-18)24-22(26)27-15-16(2)3/h5-8,10-14,16,20H,4,9,15H2,1-3H3,(H,23,25)(H,24,26). The number of benzene rings is 2. The Hall–Kier alpha value is -2.82. The van der Waals surface area contributed by atoms with Gasteiger partial charge in [-0.1, -0.05) is 63.6 Å². The molecule has 2 rings (SSSR count). The molecule has 0 heterocycles. The second-order valence-corrected chi connectivity index (χ2v) is 6.94. The number of hydrogen-bond donors (Lipinski definition) is 2. The molecule has 2 N–H and O–H groups in total. The van der Waals surface area contributed by atoms with E-state index in [9.17, 15) is 9.59 Å². The Kier molecular flexibility index (Phi) is 7.86. The topological polar surface area (TPSA) is 67.4 Å². The van der Waals surface area contributed by atoms with Crippen molar-refractivity contribution in [3.8, 4) is 0 Å². The van der Waals surface area contributed by atoms with Crippen LogP contribution in [0.5, 0.6) is 0 Å². The van der Waals surface area contributed by atoms with Gasteiger partial charge in [0, 0.05) is 11.4 Å². The second kappa shape index (κ2) is 10.4. The van der Waals surface area contributed by atoms with E-state index >= 15 is 0 Å². The number of amides is 2. The van der Waals surface area contributed by atoms with Crippen molar-refractivity contribution in [3.05, 3.63) is 60.2 Å². The Bertz CT molecular complexity index is 744. The number of carbonyl (C=O) groups excluding carboxylic acids is 2. The molecule has 0 radical (unpaired) electrons. The molecule has 0 saturated heterocycles. The molecule has 0 fully saturated rings. The van der Waals surface area contributed by atoms with E-state index in [1.807, 2.05) is 44.2 Å². The Balaban J connectivity index is 2.03. The van der Waals surface area contributed by atoms with Crippen LogP contribution in [-0.2, 0) is 9.53 Å². The van der Waals surface area contributed by atoms with Gasteiger partial charge in [0.15, 0.2) is 0 Å². The van der Waals surface area contributed by atoms with Crippen molar-refractivity contribution in [2.45, 2.75) is 39.5 Å². The van der Waals surface area contributed by atoms with Crippen molar-refractivity contribution in [1.82, 2.24) is 0 Å². The van der Waals surface area contributed by atoms with Crippen molar-refractivity contribution < 1.29 is 14.3 Å². The molecule has 2 aromatic rings. The van der Waals surface area contributed by atoms with Gasteiger partial charge in [0.2, 0.25) is 5.91 Å². The summed E-state index contributed by atoms with van der Waals surface area (Å²) >= 11 is 0. The molecule has 0 saturated carbocycles. The Labute approximate surface area is 161 Å². The van der Waals surface area contributed by atoms with Crippen molar-refractivity contribution in [2.24, 2.45) is 5.92 Å². The lowest BCUT2D eigenvalue weighted by Gasteiger charge is -2.17. The summed E-state index contributed by atoms with van der Waals surface area (Å²) in [6.45, 7) is 6.38. The van der Waals surface area contributed by atoms with Crippen LogP contribution in [0.15, 0.2) is 54.6 Å². The maximum absolute atomic E-state index is 12.8. The molecule has 27 heavy (non-hydrogen) atoms.